The van der Waals surface area contributed by atoms with Gasteiger partial charge < -0.3 is 4.74 Å². The molecule has 0 saturated heterocycles. The van der Waals surface area contributed by atoms with Crippen LogP contribution < -0.4 is 24.6 Å². The van der Waals surface area contributed by atoms with Crippen LogP contribution in [0.5, 0.6) is 11.5 Å². The minimum atomic E-state index is -0.649. The van der Waals surface area contributed by atoms with Crippen molar-refractivity contribution >= 4 is 54.4 Å². The van der Waals surface area contributed by atoms with Crippen molar-refractivity contribution in [3.8, 4) is 22.6 Å². The normalized spacial score (nSPS) is 19.6. The number of nitrogens with zero attached hydrogens (tertiary/aromatic N) is 3. The SMILES string of the molecule is c1ccc2c(c1)C1=c3ccccc3=[N+]3C1c1c-2ccc2c1C31c3c(ccc4c5cc6ccccc6cc5c5c6ccccc6[n+]1n5c34)O2. The third-order valence-electron chi connectivity index (χ3n) is 12.1. The number of fused-ring (bicyclic) bond motifs is 11. The predicted molar refractivity (Wildman–Crippen MR) is 188 cm³/mol. The molecule has 0 bridgehead atoms. The summed E-state index contributed by atoms with van der Waals surface area (Å²) in [5.41, 5.74) is 12.4. The first-order valence-electron chi connectivity index (χ1n) is 16.8. The molecule has 218 valence electrons. The average molecular weight is 610 g/mol. The minimum Gasteiger partial charge on any atom is -0.455 e. The lowest BCUT2D eigenvalue weighted by Crippen LogP contribution is -2.66. The molecule has 6 heterocycles. The molecule has 2 atom stereocenters. The maximum absolute atomic E-state index is 7.04. The highest BCUT2D eigenvalue weighted by atomic mass is 16.5. The van der Waals surface area contributed by atoms with Crippen LogP contribution in [0, 0.1) is 0 Å². The van der Waals surface area contributed by atoms with Crippen LogP contribution in [-0.2, 0) is 5.66 Å². The first-order valence-corrected chi connectivity index (χ1v) is 16.8. The molecule has 4 aliphatic heterocycles. The molecule has 4 nitrogen and oxygen atoms in total. The van der Waals surface area contributed by atoms with Crippen molar-refractivity contribution < 1.29 is 9.42 Å². The van der Waals surface area contributed by atoms with E-state index in [2.05, 4.69) is 147 Å². The highest BCUT2D eigenvalue weighted by Gasteiger charge is 2.76. The Bertz CT molecular complexity index is 3280. The van der Waals surface area contributed by atoms with E-state index in [-0.39, 0.29) is 6.04 Å². The van der Waals surface area contributed by atoms with Gasteiger partial charge in [0.05, 0.1) is 16.2 Å². The fourth-order valence-corrected chi connectivity index (χ4v) is 10.6. The molecule has 0 N–H and O–H groups in total. The van der Waals surface area contributed by atoms with Crippen LogP contribution in [0.2, 0.25) is 0 Å². The standard InChI is InChI=1S/C44H23N3O/c1-2-10-24-22-32-31(21-23(24)9-1)28-18-20-36-40-42(28)46-41(32)30-14-6-8-16-34(30)47(46)44(40)39-35(48-36)19-17-27-25-11-3-4-12-26(25)37-29-13-5-7-15-33(29)45(44)43(37)38(27)39/h1-22,43H/q+2. The highest BCUT2D eigenvalue weighted by Crippen LogP contribution is 2.64. The van der Waals surface area contributed by atoms with E-state index < -0.39 is 5.66 Å². The molecule has 7 aromatic carbocycles. The molecular formula is C44H23N3O+2. The third kappa shape index (κ3) is 2.12. The maximum Gasteiger partial charge on any atom is 0.443 e. The molecule has 1 spiro atoms. The monoisotopic (exact) mass is 609 g/mol. The Kier molecular flexibility index (Phi) is 3.45. The molecular weight excluding hydrogens is 587 g/mol. The maximum atomic E-state index is 7.04. The van der Waals surface area contributed by atoms with Crippen LogP contribution in [0.4, 0.5) is 0 Å². The van der Waals surface area contributed by atoms with Crippen molar-refractivity contribution in [1.29, 1.82) is 0 Å². The fraction of sp³-hybridized carbons (Fsp3) is 0.0455. The van der Waals surface area contributed by atoms with Gasteiger partial charge in [0.2, 0.25) is 16.9 Å². The Morgan fingerprint density at radius 2 is 1.29 bits per heavy atom. The quantitative estimate of drug-likeness (QED) is 0.0994. The van der Waals surface area contributed by atoms with E-state index in [0.717, 1.165) is 11.5 Å². The van der Waals surface area contributed by atoms with Gasteiger partial charge in [-0.25, -0.2) is 0 Å². The lowest BCUT2D eigenvalue weighted by molar-refractivity contribution is -0.781. The molecule has 14 rings (SSSR count). The van der Waals surface area contributed by atoms with Gasteiger partial charge in [0.15, 0.2) is 11.1 Å². The van der Waals surface area contributed by atoms with Crippen molar-refractivity contribution in [3.63, 3.8) is 0 Å². The molecule has 0 radical (unpaired) electrons. The average Bonchev–Trinajstić information content (AvgIpc) is 3.85. The van der Waals surface area contributed by atoms with Gasteiger partial charge in [0.25, 0.3) is 0 Å². The minimum absolute atomic E-state index is 0.0650. The lowest BCUT2D eigenvalue weighted by atomic mass is 9.76. The zero-order valence-electron chi connectivity index (χ0n) is 25.5. The second-order valence-corrected chi connectivity index (χ2v) is 14.0. The van der Waals surface area contributed by atoms with Gasteiger partial charge in [0.1, 0.15) is 22.5 Å². The Morgan fingerprint density at radius 3 is 2.21 bits per heavy atom. The summed E-state index contributed by atoms with van der Waals surface area (Å²) in [6, 6.07) is 49.9. The zero-order valence-corrected chi connectivity index (χ0v) is 25.5. The number of benzene rings is 7. The molecule has 2 aromatic heterocycles. The van der Waals surface area contributed by atoms with Gasteiger partial charge in [-0.15, -0.1) is 9.09 Å². The Hall–Kier alpha value is -6.26. The van der Waals surface area contributed by atoms with Gasteiger partial charge in [-0.2, -0.15) is 0 Å². The summed E-state index contributed by atoms with van der Waals surface area (Å²) >= 11 is 0. The Morgan fingerprint density at radius 1 is 0.562 bits per heavy atom. The Balaban J connectivity index is 1.32. The van der Waals surface area contributed by atoms with Crippen LogP contribution >= 0.6 is 0 Å². The van der Waals surface area contributed by atoms with Crippen LogP contribution in [0.15, 0.2) is 133 Å². The number of aromatic nitrogens is 2. The number of rotatable bonds is 0. The second kappa shape index (κ2) is 7.17. The Labute approximate surface area is 272 Å². The summed E-state index contributed by atoms with van der Waals surface area (Å²) in [6.45, 7) is 0. The molecule has 0 saturated carbocycles. The summed E-state index contributed by atoms with van der Waals surface area (Å²) in [6.07, 6.45) is 0. The zero-order chi connectivity index (χ0) is 30.6. The number of hydrogen-bond donors (Lipinski definition) is 0. The van der Waals surface area contributed by atoms with Gasteiger partial charge in [-0.05, 0) is 80.0 Å². The number of hydrogen-bond acceptors (Lipinski definition) is 1. The van der Waals surface area contributed by atoms with E-state index in [1.54, 1.807) is 0 Å². The summed E-state index contributed by atoms with van der Waals surface area (Å²) in [5, 5.41) is 10.2. The molecule has 1 aliphatic carbocycles. The van der Waals surface area contributed by atoms with Crippen LogP contribution in [0.1, 0.15) is 28.3 Å². The molecule has 4 heteroatoms. The fourth-order valence-electron chi connectivity index (χ4n) is 10.6. The van der Waals surface area contributed by atoms with E-state index in [9.17, 15) is 0 Å². The third-order valence-corrected chi connectivity index (χ3v) is 12.1. The van der Waals surface area contributed by atoms with Crippen molar-refractivity contribution in [2.75, 3.05) is 0 Å². The van der Waals surface area contributed by atoms with E-state index in [1.807, 2.05) is 0 Å². The summed E-state index contributed by atoms with van der Waals surface area (Å²) in [7, 11) is 0. The smallest absolute Gasteiger partial charge is 0.443 e. The number of para-hydroxylation sites is 2. The molecule has 0 fully saturated rings. The van der Waals surface area contributed by atoms with E-state index >= 15 is 0 Å². The topological polar surface area (TPSA) is 20.5 Å². The van der Waals surface area contributed by atoms with Crippen molar-refractivity contribution in [2.45, 2.75) is 11.7 Å². The number of ether oxygens (including phenoxy) is 1. The highest BCUT2D eigenvalue weighted by molar-refractivity contribution is 6.22. The van der Waals surface area contributed by atoms with Crippen molar-refractivity contribution in [2.24, 2.45) is 0 Å². The first-order chi connectivity index (χ1) is 23.8. The van der Waals surface area contributed by atoms with Crippen LogP contribution in [0.3, 0.4) is 0 Å². The molecule has 0 amide bonds. The molecule has 48 heavy (non-hydrogen) atoms. The predicted octanol–water partition coefficient (Wildman–Crippen LogP) is 7.45. The van der Waals surface area contributed by atoms with E-state index in [0.29, 0.717) is 0 Å². The number of pyridine rings is 1. The largest absolute Gasteiger partial charge is 0.455 e. The van der Waals surface area contributed by atoms with Crippen LogP contribution in [-0.4, -0.2) is 4.52 Å². The van der Waals surface area contributed by atoms with Gasteiger partial charge in [-0.3, -0.25) is 0 Å². The second-order valence-electron chi connectivity index (χ2n) is 14.0. The molecule has 9 aromatic rings. The van der Waals surface area contributed by atoms with E-state index in [1.165, 1.54) is 98.4 Å². The van der Waals surface area contributed by atoms with Crippen molar-refractivity contribution in [1.82, 2.24) is 9.09 Å². The van der Waals surface area contributed by atoms with Crippen molar-refractivity contribution in [3.05, 3.63) is 166 Å². The van der Waals surface area contributed by atoms with Crippen LogP contribution in [0.25, 0.3) is 65.6 Å². The molecule has 2 unspecified atom stereocenters. The lowest BCUT2D eigenvalue weighted by Gasteiger charge is -2.25. The first kappa shape index (κ1) is 23.1. The summed E-state index contributed by atoms with van der Waals surface area (Å²) in [5.74, 6) is 1.90. The van der Waals surface area contributed by atoms with Gasteiger partial charge in [-0.1, -0.05) is 78.9 Å². The summed E-state index contributed by atoms with van der Waals surface area (Å²) < 4.78 is 15.0. The van der Waals surface area contributed by atoms with Gasteiger partial charge in [0, 0.05) is 28.5 Å². The van der Waals surface area contributed by atoms with Gasteiger partial charge >= 0.3 is 5.66 Å². The summed E-state index contributed by atoms with van der Waals surface area (Å²) in [4.78, 5) is 0. The van der Waals surface area contributed by atoms with E-state index in [4.69, 9.17) is 4.74 Å². The molecule has 5 aliphatic rings.